The van der Waals surface area contributed by atoms with Gasteiger partial charge in [0.2, 0.25) is 0 Å². The van der Waals surface area contributed by atoms with Crippen LogP contribution in [0.5, 0.6) is 0 Å². The molecule has 1 saturated carbocycles. The third kappa shape index (κ3) is 1.83. The molecule has 1 heterocycles. The van der Waals surface area contributed by atoms with Gasteiger partial charge in [-0.1, -0.05) is 11.6 Å². The fourth-order valence-electron chi connectivity index (χ4n) is 1.49. The number of hydrogen-bond donors (Lipinski definition) is 2. The predicted molar refractivity (Wildman–Crippen MR) is 56.6 cm³/mol. The summed E-state index contributed by atoms with van der Waals surface area (Å²) < 4.78 is 0. The summed E-state index contributed by atoms with van der Waals surface area (Å²) in [6.07, 6.45) is 2.76. The molecule has 3 nitrogen and oxygen atoms in total. The highest BCUT2D eigenvalue weighted by Gasteiger charge is 2.36. The maximum atomic E-state index is 8.89. The summed E-state index contributed by atoms with van der Waals surface area (Å²) in [5.41, 5.74) is 1.75. The van der Waals surface area contributed by atoms with Gasteiger partial charge < -0.3 is 10.4 Å². The van der Waals surface area contributed by atoms with Crippen LogP contribution in [0.25, 0.3) is 0 Å². The minimum atomic E-state index is 0.249. The fourth-order valence-corrected chi connectivity index (χ4v) is 1.65. The Balaban J connectivity index is 2.07. The molecule has 2 N–H and O–H groups in total. The van der Waals surface area contributed by atoms with Crippen LogP contribution in [0.1, 0.15) is 12.1 Å². The van der Waals surface area contributed by atoms with Gasteiger partial charge in [0, 0.05) is 24.8 Å². The summed E-state index contributed by atoms with van der Waals surface area (Å²) in [7, 11) is 0. The number of hydrogen-bond acceptors (Lipinski definition) is 3. The summed E-state index contributed by atoms with van der Waals surface area (Å²) in [5, 5.41) is 12.9. The Morgan fingerprint density at radius 2 is 2.50 bits per heavy atom. The van der Waals surface area contributed by atoms with Crippen LogP contribution in [0.15, 0.2) is 12.3 Å². The molecule has 1 aliphatic rings. The van der Waals surface area contributed by atoms with Gasteiger partial charge in [0.05, 0.1) is 16.4 Å². The smallest absolute Gasteiger partial charge is 0.0849 e. The van der Waals surface area contributed by atoms with E-state index in [-0.39, 0.29) is 6.61 Å². The molecule has 76 valence electrons. The Hall–Kier alpha value is -0.800. The number of aromatic nitrogens is 1. The van der Waals surface area contributed by atoms with Gasteiger partial charge >= 0.3 is 0 Å². The lowest BCUT2D eigenvalue weighted by molar-refractivity contribution is 0.275. The average Bonchev–Trinajstić information content (AvgIpc) is 2.92. The lowest BCUT2D eigenvalue weighted by Gasteiger charge is -2.08. The topological polar surface area (TPSA) is 45.2 Å². The van der Waals surface area contributed by atoms with Crippen molar-refractivity contribution in [2.75, 3.05) is 11.9 Å². The number of nitrogens with zero attached hydrogens (tertiary/aromatic N) is 1. The molecule has 0 unspecified atom stereocenters. The van der Waals surface area contributed by atoms with Crippen molar-refractivity contribution in [3.05, 3.63) is 23.0 Å². The van der Waals surface area contributed by atoms with Crippen molar-refractivity contribution >= 4 is 17.3 Å². The minimum Gasteiger partial charge on any atom is -0.396 e. The van der Waals surface area contributed by atoms with Crippen LogP contribution in [0.3, 0.4) is 0 Å². The normalized spacial score (nSPS) is 24.8. The maximum absolute atomic E-state index is 8.89. The summed E-state index contributed by atoms with van der Waals surface area (Å²) in [4.78, 5) is 4.08. The molecule has 14 heavy (non-hydrogen) atoms. The third-order valence-electron chi connectivity index (χ3n) is 2.56. The van der Waals surface area contributed by atoms with Crippen LogP contribution in [-0.4, -0.2) is 22.7 Å². The molecule has 0 aromatic carbocycles. The third-order valence-corrected chi connectivity index (χ3v) is 3.04. The number of halogens is 1. The lowest BCUT2D eigenvalue weighted by Crippen LogP contribution is -2.07. The van der Waals surface area contributed by atoms with Gasteiger partial charge in [-0.05, 0) is 19.4 Å². The Labute approximate surface area is 88.1 Å². The molecule has 0 amide bonds. The second kappa shape index (κ2) is 3.75. The Morgan fingerprint density at radius 3 is 3.14 bits per heavy atom. The van der Waals surface area contributed by atoms with E-state index >= 15 is 0 Å². The molecule has 0 bridgehead atoms. The number of aliphatic hydroxyl groups excluding tert-OH is 1. The maximum Gasteiger partial charge on any atom is 0.0849 e. The molecule has 0 aliphatic heterocycles. The van der Waals surface area contributed by atoms with Crippen molar-refractivity contribution in [1.29, 1.82) is 0 Å². The minimum absolute atomic E-state index is 0.249. The van der Waals surface area contributed by atoms with E-state index in [4.69, 9.17) is 16.7 Å². The fraction of sp³-hybridized carbons (Fsp3) is 0.500. The molecular weight excluding hydrogens is 200 g/mol. The van der Waals surface area contributed by atoms with Crippen molar-refractivity contribution in [3.63, 3.8) is 0 Å². The van der Waals surface area contributed by atoms with Crippen LogP contribution in [0.2, 0.25) is 5.02 Å². The number of aliphatic hydroxyl groups is 1. The molecule has 1 aromatic heterocycles. The first-order valence-electron chi connectivity index (χ1n) is 4.71. The monoisotopic (exact) mass is 212 g/mol. The second-order valence-corrected chi connectivity index (χ2v) is 4.07. The largest absolute Gasteiger partial charge is 0.396 e. The molecule has 0 saturated heterocycles. The molecule has 2 rings (SSSR count). The van der Waals surface area contributed by atoms with E-state index in [1.807, 2.05) is 13.0 Å². The van der Waals surface area contributed by atoms with Gasteiger partial charge in [0.25, 0.3) is 0 Å². The zero-order valence-corrected chi connectivity index (χ0v) is 8.75. The zero-order valence-electron chi connectivity index (χ0n) is 8.00. The zero-order chi connectivity index (χ0) is 10.1. The molecule has 0 radical (unpaired) electrons. The van der Waals surface area contributed by atoms with Crippen LogP contribution < -0.4 is 5.32 Å². The quantitative estimate of drug-likeness (QED) is 0.804. The van der Waals surface area contributed by atoms with E-state index in [0.29, 0.717) is 17.0 Å². The Kier molecular flexibility index (Phi) is 2.61. The highest BCUT2D eigenvalue weighted by atomic mass is 35.5. The standard InChI is InChI=1S/C10H13ClN2O/c1-6-10(11)8(2-3-12-6)13-9-4-7(9)5-14/h2-3,7,9,14H,4-5H2,1H3,(H,12,13)/t7-,9+/m0/s1. The highest BCUT2D eigenvalue weighted by Crippen LogP contribution is 2.35. The van der Waals surface area contributed by atoms with Crippen molar-refractivity contribution in [3.8, 4) is 0 Å². The van der Waals surface area contributed by atoms with E-state index in [0.717, 1.165) is 17.8 Å². The SMILES string of the molecule is Cc1nccc(N[C@@H]2C[C@H]2CO)c1Cl. The van der Waals surface area contributed by atoms with Crippen LogP contribution >= 0.6 is 11.6 Å². The lowest BCUT2D eigenvalue weighted by atomic mass is 10.3. The molecular formula is C10H13ClN2O. The molecule has 0 spiro atoms. The van der Waals surface area contributed by atoms with Crippen LogP contribution in [0.4, 0.5) is 5.69 Å². The van der Waals surface area contributed by atoms with Gasteiger partial charge in [0.15, 0.2) is 0 Å². The molecule has 1 fully saturated rings. The number of rotatable bonds is 3. The van der Waals surface area contributed by atoms with E-state index in [2.05, 4.69) is 10.3 Å². The molecule has 2 atom stereocenters. The average molecular weight is 213 g/mol. The summed E-state index contributed by atoms with van der Waals surface area (Å²) >= 11 is 6.07. The van der Waals surface area contributed by atoms with Gasteiger partial charge in [0.1, 0.15) is 0 Å². The first-order valence-corrected chi connectivity index (χ1v) is 5.08. The number of nitrogens with one attached hydrogen (secondary N) is 1. The van der Waals surface area contributed by atoms with E-state index in [1.54, 1.807) is 6.20 Å². The number of anilines is 1. The molecule has 4 heteroatoms. The first kappa shape index (κ1) is 9.74. The van der Waals surface area contributed by atoms with Crippen molar-refractivity contribution in [2.45, 2.75) is 19.4 Å². The second-order valence-electron chi connectivity index (χ2n) is 3.69. The van der Waals surface area contributed by atoms with Crippen molar-refractivity contribution in [1.82, 2.24) is 4.98 Å². The number of aryl methyl sites for hydroxylation is 1. The van der Waals surface area contributed by atoms with Crippen LogP contribution in [0, 0.1) is 12.8 Å². The summed E-state index contributed by atoms with van der Waals surface area (Å²) in [5.74, 6) is 0.388. The molecule has 1 aliphatic carbocycles. The predicted octanol–water partition coefficient (Wildman–Crippen LogP) is 1.84. The first-order chi connectivity index (χ1) is 6.72. The van der Waals surface area contributed by atoms with Gasteiger partial charge in [-0.3, -0.25) is 4.98 Å². The van der Waals surface area contributed by atoms with E-state index in [9.17, 15) is 0 Å². The van der Waals surface area contributed by atoms with E-state index < -0.39 is 0 Å². The van der Waals surface area contributed by atoms with Crippen molar-refractivity contribution in [2.24, 2.45) is 5.92 Å². The van der Waals surface area contributed by atoms with E-state index in [1.165, 1.54) is 0 Å². The summed E-state index contributed by atoms with van der Waals surface area (Å²) in [6, 6.07) is 2.24. The Morgan fingerprint density at radius 1 is 1.71 bits per heavy atom. The molecule has 1 aromatic rings. The Bertz CT molecular complexity index is 343. The number of pyridine rings is 1. The van der Waals surface area contributed by atoms with Crippen molar-refractivity contribution < 1.29 is 5.11 Å². The van der Waals surface area contributed by atoms with Gasteiger partial charge in [-0.15, -0.1) is 0 Å². The van der Waals surface area contributed by atoms with Gasteiger partial charge in [-0.2, -0.15) is 0 Å². The summed E-state index contributed by atoms with van der Waals surface area (Å²) in [6.45, 7) is 2.13. The van der Waals surface area contributed by atoms with Gasteiger partial charge in [-0.25, -0.2) is 0 Å². The highest BCUT2D eigenvalue weighted by molar-refractivity contribution is 6.33. The van der Waals surface area contributed by atoms with Crippen LogP contribution in [-0.2, 0) is 0 Å².